The number of nitrogens with zero attached hydrogens (tertiary/aromatic N) is 1. The minimum absolute atomic E-state index is 0.204. The lowest BCUT2D eigenvalue weighted by Gasteiger charge is -2.04. The van der Waals surface area contributed by atoms with Crippen LogP contribution in [0.25, 0.3) is 0 Å². The van der Waals surface area contributed by atoms with Crippen LogP contribution < -0.4 is 4.72 Å². The lowest BCUT2D eigenvalue weighted by Crippen LogP contribution is -2.25. The van der Waals surface area contributed by atoms with Gasteiger partial charge in [-0.2, -0.15) is 0 Å². The number of hydrogen-bond donors (Lipinski definition) is 1. The van der Waals surface area contributed by atoms with Crippen LogP contribution in [0.15, 0.2) is 38.6 Å². The second-order valence-corrected chi connectivity index (χ2v) is 8.47. The van der Waals surface area contributed by atoms with Crippen LogP contribution in [0.2, 0.25) is 5.02 Å². The molecule has 0 aromatic carbocycles. The van der Waals surface area contributed by atoms with Crippen LogP contribution in [-0.2, 0) is 16.4 Å². The molecule has 0 radical (unpaired) electrons. The van der Waals surface area contributed by atoms with Crippen LogP contribution in [0, 0.1) is 0 Å². The molecule has 8 heteroatoms. The van der Waals surface area contributed by atoms with Gasteiger partial charge in [0.25, 0.3) is 0 Å². The van der Waals surface area contributed by atoms with Crippen LogP contribution >= 0.6 is 38.9 Å². The first-order valence-corrected chi connectivity index (χ1v) is 8.79. The number of nitrogens with one attached hydrogen (secondary N) is 1. The van der Waals surface area contributed by atoms with E-state index in [2.05, 4.69) is 25.6 Å². The van der Waals surface area contributed by atoms with Crippen molar-refractivity contribution in [1.82, 2.24) is 9.71 Å². The Balaban J connectivity index is 1.99. The van der Waals surface area contributed by atoms with Crippen molar-refractivity contribution in [2.75, 3.05) is 6.54 Å². The van der Waals surface area contributed by atoms with Gasteiger partial charge in [0.05, 0.1) is 8.81 Å². The van der Waals surface area contributed by atoms with Crippen molar-refractivity contribution < 1.29 is 8.42 Å². The molecule has 0 saturated heterocycles. The molecule has 0 aliphatic rings. The number of halogens is 2. The molecule has 4 nitrogen and oxygen atoms in total. The summed E-state index contributed by atoms with van der Waals surface area (Å²) < 4.78 is 27.3. The van der Waals surface area contributed by atoms with Crippen molar-refractivity contribution in [1.29, 1.82) is 0 Å². The summed E-state index contributed by atoms with van der Waals surface area (Å²) in [4.78, 5) is 3.97. The summed E-state index contributed by atoms with van der Waals surface area (Å²) in [5.41, 5.74) is 0.982. The minimum Gasteiger partial charge on any atom is -0.264 e. The van der Waals surface area contributed by atoms with Gasteiger partial charge in [0.1, 0.15) is 4.21 Å². The largest absolute Gasteiger partial charge is 0.264 e. The van der Waals surface area contributed by atoms with Crippen LogP contribution in [-0.4, -0.2) is 19.9 Å². The Hall–Kier alpha value is -0.470. The first-order valence-electron chi connectivity index (χ1n) is 5.32. The fraction of sp³-hybridized carbons (Fsp3) is 0.182. The van der Waals surface area contributed by atoms with Crippen molar-refractivity contribution in [2.45, 2.75) is 10.6 Å². The predicted octanol–water partition coefficient (Wildman–Crippen LogP) is 3.08. The molecule has 0 saturated carbocycles. The van der Waals surface area contributed by atoms with Crippen LogP contribution in [0.5, 0.6) is 0 Å². The van der Waals surface area contributed by atoms with Gasteiger partial charge in [0, 0.05) is 18.9 Å². The van der Waals surface area contributed by atoms with Gasteiger partial charge in [-0.25, -0.2) is 13.1 Å². The third-order valence-corrected chi connectivity index (χ3v) is 6.73. The molecule has 2 heterocycles. The van der Waals surface area contributed by atoms with E-state index < -0.39 is 10.0 Å². The first-order chi connectivity index (χ1) is 8.99. The number of hydrogen-bond acceptors (Lipinski definition) is 4. The zero-order chi connectivity index (χ0) is 13.9. The molecule has 0 bridgehead atoms. The lowest BCUT2D eigenvalue weighted by molar-refractivity contribution is 0.583. The summed E-state index contributed by atoms with van der Waals surface area (Å²) in [6, 6.07) is 5.16. The van der Waals surface area contributed by atoms with Gasteiger partial charge in [-0.3, -0.25) is 4.98 Å². The highest BCUT2D eigenvalue weighted by Crippen LogP contribution is 2.34. The Morgan fingerprint density at radius 1 is 1.47 bits per heavy atom. The van der Waals surface area contributed by atoms with Gasteiger partial charge in [-0.05, 0) is 40.0 Å². The SMILES string of the molecule is O=S(=O)(NCCc1cccnc1)c1cc(Cl)c(Br)s1. The van der Waals surface area contributed by atoms with E-state index in [9.17, 15) is 8.42 Å². The van der Waals surface area contributed by atoms with Crippen LogP contribution in [0.1, 0.15) is 5.56 Å². The monoisotopic (exact) mass is 380 g/mol. The fourth-order valence-corrected chi connectivity index (χ4v) is 4.88. The van der Waals surface area contributed by atoms with Crippen molar-refractivity contribution >= 4 is 48.9 Å². The van der Waals surface area contributed by atoms with Crippen molar-refractivity contribution in [3.05, 3.63) is 45.0 Å². The molecule has 0 aliphatic heterocycles. The van der Waals surface area contributed by atoms with Gasteiger partial charge < -0.3 is 0 Å². The van der Waals surface area contributed by atoms with Gasteiger partial charge in [0.2, 0.25) is 10.0 Å². The summed E-state index contributed by atoms with van der Waals surface area (Å²) in [7, 11) is -3.50. The molecule has 102 valence electrons. The predicted molar refractivity (Wildman–Crippen MR) is 80.2 cm³/mol. The molecule has 0 atom stereocenters. The van der Waals surface area contributed by atoms with Gasteiger partial charge in [0.15, 0.2) is 0 Å². The molecule has 0 unspecified atom stereocenters. The highest BCUT2D eigenvalue weighted by Gasteiger charge is 2.18. The summed E-state index contributed by atoms with van der Waals surface area (Å²) in [6.07, 6.45) is 3.99. The maximum atomic E-state index is 12.0. The van der Waals surface area contributed by atoms with Crippen LogP contribution in [0.3, 0.4) is 0 Å². The smallest absolute Gasteiger partial charge is 0.250 e. The Morgan fingerprint density at radius 2 is 2.26 bits per heavy atom. The molecule has 19 heavy (non-hydrogen) atoms. The highest BCUT2D eigenvalue weighted by atomic mass is 79.9. The van der Waals surface area contributed by atoms with E-state index in [1.165, 1.54) is 6.07 Å². The van der Waals surface area contributed by atoms with Crippen molar-refractivity contribution in [3.63, 3.8) is 0 Å². The summed E-state index contributed by atoms with van der Waals surface area (Å²) in [6.45, 7) is 0.321. The normalized spacial score (nSPS) is 11.7. The Morgan fingerprint density at radius 3 is 2.84 bits per heavy atom. The second kappa shape index (κ2) is 6.32. The molecule has 2 aromatic heterocycles. The second-order valence-electron chi connectivity index (χ2n) is 3.70. The standard InChI is InChI=1S/C11H10BrClN2O2S2/c12-11-9(13)6-10(18-11)19(16,17)15-5-3-8-2-1-4-14-7-8/h1-2,4,6-7,15H,3,5H2. The van der Waals surface area contributed by atoms with E-state index in [-0.39, 0.29) is 4.21 Å². The van der Waals surface area contributed by atoms with Crippen LogP contribution in [0.4, 0.5) is 0 Å². The molecule has 0 fully saturated rings. The quantitative estimate of drug-likeness (QED) is 0.866. The lowest BCUT2D eigenvalue weighted by atomic mass is 10.2. The van der Waals surface area contributed by atoms with E-state index in [0.717, 1.165) is 16.9 Å². The Labute approximate surface area is 129 Å². The Kier molecular flexibility index (Phi) is 4.97. The molecule has 0 spiro atoms. The average Bonchev–Trinajstić information content (AvgIpc) is 2.72. The fourth-order valence-electron chi connectivity index (χ4n) is 1.41. The molecule has 2 rings (SSSR count). The molecule has 0 aliphatic carbocycles. The van der Waals surface area contributed by atoms with Crippen molar-refractivity contribution in [2.24, 2.45) is 0 Å². The van der Waals surface area contributed by atoms with E-state index in [4.69, 9.17) is 11.6 Å². The van der Waals surface area contributed by atoms with E-state index in [1.807, 2.05) is 12.1 Å². The molecule has 2 aromatic rings. The third-order valence-electron chi connectivity index (χ3n) is 2.32. The molecule has 1 N–H and O–H groups in total. The minimum atomic E-state index is -3.50. The number of aromatic nitrogens is 1. The molecular formula is C11H10BrClN2O2S2. The van der Waals surface area contributed by atoms with E-state index in [0.29, 0.717) is 21.8 Å². The Bertz CT molecular complexity index is 639. The first kappa shape index (κ1) is 14.9. The number of sulfonamides is 1. The zero-order valence-electron chi connectivity index (χ0n) is 9.64. The maximum absolute atomic E-state index is 12.0. The highest BCUT2D eigenvalue weighted by molar-refractivity contribution is 9.11. The maximum Gasteiger partial charge on any atom is 0.250 e. The number of thiophene rings is 1. The molecular weight excluding hydrogens is 372 g/mol. The van der Waals surface area contributed by atoms with E-state index >= 15 is 0 Å². The topological polar surface area (TPSA) is 59.1 Å². The van der Waals surface area contributed by atoms with Crippen molar-refractivity contribution in [3.8, 4) is 0 Å². The zero-order valence-corrected chi connectivity index (χ0v) is 13.6. The summed E-state index contributed by atoms with van der Waals surface area (Å²) in [5.74, 6) is 0. The molecule has 0 amide bonds. The van der Waals surface area contributed by atoms with Gasteiger partial charge in [-0.15, -0.1) is 11.3 Å². The average molecular weight is 382 g/mol. The van der Waals surface area contributed by atoms with Gasteiger partial charge in [-0.1, -0.05) is 17.7 Å². The number of pyridine rings is 1. The van der Waals surface area contributed by atoms with E-state index in [1.54, 1.807) is 12.4 Å². The number of rotatable bonds is 5. The third kappa shape index (κ3) is 4.00. The summed E-state index contributed by atoms with van der Waals surface area (Å²) in [5, 5.41) is 0.401. The summed E-state index contributed by atoms with van der Waals surface area (Å²) >= 11 is 10.1. The van der Waals surface area contributed by atoms with Gasteiger partial charge >= 0.3 is 0 Å².